The molecule has 168 valence electrons. The molecule has 0 aromatic carbocycles. The van der Waals surface area contributed by atoms with E-state index in [-0.39, 0.29) is 5.12 Å². The second-order valence-electron chi connectivity index (χ2n) is 8.64. The lowest BCUT2D eigenvalue weighted by Gasteiger charge is -2.28. The van der Waals surface area contributed by atoms with Crippen LogP contribution in [0.3, 0.4) is 0 Å². The molecular weight excluding hydrogens is 364 g/mol. The first-order valence-corrected chi connectivity index (χ1v) is 12.7. The molecule has 0 spiro atoms. The lowest BCUT2D eigenvalue weighted by Crippen LogP contribution is -2.18. The Kier molecular flexibility index (Phi) is 21.6. The Morgan fingerprint density at radius 1 is 0.643 bits per heavy atom. The quantitative estimate of drug-likeness (QED) is 0.137. The number of hydrogen-bond donors (Lipinski definition) is 3. The Labute approximate surface area is 181 Å². The molecule has 4 N–H and O–H groups in total. The molecule has 0 rings (SSSR count). The van der Waals surface area contributed by atoms with E-state index in [2.05, 4.69) is 19.6 Å². The van der Waals surface area contributed by atoms with Crippen molar-refractivity contribution in [1.82, 2.24) is 0 Å². The van der Waals surface area contributed by atoms with Crippen molar-refractivity contribution in [2.24, 2.45) is 23.3 Å². The molecule has 0 aromatic rings. The lowest BCUT2D eigenvalue weighted by molar-refractivity contribution is -0.110. The highest BCUT2D eigenvalue weighted by atomic mass is 32.1. The molecule has 0 amide bonds. The van der Waals surface area contributed by atoms with Gasteiger partial charge in [0.1, 0.15) is 0 Å². The second-order valence-corrected chi connectivity index (χ2v) is 9.14. The van der Waals surface area contributed by atoms with Crippen LogP contribution in [0.5, 0.6) is 0 Å². The number of unbranched alkanes of at least 4 members (excludes halogenated alkanes) is 9. The van der Waals surface area contributed by atoms with Crippen molar-refractivity contribution in [2.75, 3.05) is 13.1 Å². The van der Waals surface area contributed by atoms with Crippen molar-refractivity contribution in [1.29, 1.82) is 0 Å². The predicted octanol–water partition coefficient (Wildman–Crippen LogP) is 6.63. The minimum atomic E-state index is 0.0310. The third-order valence-electron chi connectivity index (χ3n) is 6.12. The predicted molar refractivity (Wildman–Crippen MR) is 128 cm³/mol. The molecule has 0 saturated heterocycles. The average Bonchev–Trinajstić information content (AvgIpc) is 2.68. The second kappa shape index (κ2) is 21.6. The molecule has 3 nitrogen and oxygen atoms in total. The van der Waals surface area contributed by atoms with E-state index in [4.69, 9.17) is 11.5 Å². The number of carbonyl (C=O) groups excluding carboxylic acids is 1. The van der Waals surface area contributed by atoms with Gasteiger partial charge in [-0.1, -0.05) is 84.0 Å². The zero-order chi connectivity index (χ0) is 20.9. The number of hydrogen-bond acceptors (Lipinski definition) is 3. The van der Waals surface area contributed by atoms with Crippen molar-refractivity contribution in [3.63, 3.8) is 0 Å². The van der Waals surface area contributed by atoms with Gasteiger partial charge in [0.05, 0.1) is 0 Å². The molecule has 0 aliphatic heterocycles. The highest BCUT2D eigenvalue weighted by Crippen LogP contribution is 2.32. The molecule has 0 aliphatic carbocycles. The van der Waals surface area contributed by atoms with E-state index in [1.807, 2.05) is 0 Å². The number of thiol groups is 1. The van der Waals surface area contributed by atoms with Crippen LogP contribution in [0.2, 0.25) is 0 Å². The molecule has 0 bridgehead atoms. The summed E-state index contributed by atoms with van der Waals surface area (Å²) in [4.78, 5) is 11.2. The standard InChI is InChI=1S/C24H50N2OS/c1-2-3-4-5-6-7-8-9-10-15-22(17-13-19-24(27)28)23(18-14-21-26)16-11-12-20-25/h22-23H,2-21,25-26H2,1H3,(H,27,28). The van der Waals surface area contributed by atoms with E-state index < -0.39 is 0 Å². The lowest BCUT2D eigenvalue weighted by atomic mass is 9.78. The zero-order valence-corrected chi connectivity index (χ0v) is 19.7. The van der Waals surface area contributed by atoms with Crippen LogP contribution < -0.4 is 11.5 Å². The van der Waals surface area contributed by atoms with Crippen molar-refractivity contribution >= 4 is 17.7 Å². The van der Waals surface area contributed by atoms with Crippen LogP contribution in [-0.4, -0.2) is 18.2 Å². The van der Waals surface area contributed by atoms with Crippen LogP contribution in [0.15, 0.2) is 0 Å². The van der Waals surface area contributed by atoms with Gasteiger partial charge in [-0.05, 0) is 57.0 Å². The van der Waals surface area contributed by atoms with E-state index in [1.165, 1.54) is 89.9 Å². The minimum Gasteiger partial charge on any atom is -0.330 e. The summed E-state index contributed by atoms with van der Waals surface area (Å²) in [5.74, 6) is 1.49. The summed E-state index contributed by atoms with van der Waals surface area (Å²) >= 11 is 3.95. The van der Waals surface area contributed by atoms with Gasteiger partial charge < -0.3 is 11.5 Å². The Bertz CT molecular complexity index is 339. The van der Waals surface area contributed by atoms with Gasteiger partial charge in [-0.3, -0.25) is 4.79 Å². The fourth-order valence-corrected chi connectivity index (χ4v) is 4.55. The largest absolute Gasteiger partial charge is 0.330 e. The molecule has 0 aromatic heterocycles. The summed E-state index contributed by atoms with van der Waals surface area (Å²) in [7, 11) is 0. The monoisotopic (exact) mass is 414 g/mol. The van der Waals surface area contributed by atoms with Gasteiger partial charge in [0.25, 0.3) is 0 Å². The topological polar surface area (TPSA) is 69.1 Å². The maximum atomic E-state index is 11.2. The summed E-state index contributed by atoms with van der Waals surface area (Å²) < 4.78 is 0. The van der Waals surface area contributed by atoms with E-state index in [0.717, 1.165) is 44.2 Å². The van der Waals surface area contributed by atoms with Crippen LogP contribution in [0.25, 0.3) is 0 Å². The molecule has 2 unspecified atom stereocenters. The third kappa shape index (κ3) is 18.0. The van der Waals surface area contributed by atoms with Crippen LogP contribution in [-0.2, 0) is 4.79 Å². The minimum absolute atomic E-state index is 0.0310. The maximum absolute atomic E-state index is 11.2. The smallest absolute Gasteiger partial charge is 0.185 e. The molecule has 2 atom stereocenters. The highest BCUT2D eigenvalue weighted by Gasteiger charge is 2.20. The first-order valence-electron chi connectivity index (χ1n) is 12.3. The molecule has 0 aliphatic rings. The maximum Gasteiger partial charge on any atom is 0.185 e. The first kappa shape index (κ1) is 27.9. The van der Waals surface area contributed by atoms with Gasteiger partial charge >= 0.3 is 0 Å². The number of rotatable bonds is 22. The van der Waals surface area contributed by atoms with Gasteiger partial charge in [-0.25, -0.2) is 0 Å². The molecule has 0 fully saturated rings. The van der Waals surface area contributed by atoms with Crippen molar-refractivity contribution in [3.8, 4) is 0 Å². The normalized spacial score (nSPS) is 13.6. The van der Waals surface area contributed by atoms with Gasteiger partial charge in [0.2, 0.25) is 0 Å². The Balaban J connectivity index is 4.30. The SMILES string of the molecule is CCCCCCCCCCCC(CCCC(=O)S)C(CCCN)CCCCN. The average molecular weight is 415 g/mol. The van der Waals surface area contributed by atoms with Crippen LogP contribution in [0.4, 0.5) is 0 Å². The van der Waals surface area contributed by atoms with Gasteiger partial charge in [0, 0.05) is 6.42 Å². The third-order valence-corrected chi connectivity index (χ3v) is 6.34. The van der Waals surface area contributed by atoms with Crippen LogP contribution in [0, 0.1) is 11.8 Å². The van der Waals surface area contributed by atoms with Crippen molar-refractivity contribution in [2.45, 2.75) is 122 Å². The molecule has 0 radical (unpaired) electrons. The zero-order valence-electron chi connectivity index (χ0n) is 18.8. The van der Waals surface area contributed by atoms with E-state index in [1.54, 1.807) is 0 Å². The van der Waals surface area contributed by atoms with Gasteiger partial charge in [0.15, 0.2) is 5.12 Å². The van der Waals surface area contributed by atoms with Crippen molar-refractivity contribution < 1.29 is 4.79 Å². The Morgan fingerprint density at radius 2 is 1.07 bits per heavy atom. The fraction of sp³-hybridized carbons (Fsp3) is 0.958. The Morgan fingerprint density at radius 3 is 1.57 bits per heavy atom. The summed E-state index contributed by atoms with van der Waals surface area (Å²) in [6.45, 7) is 3.85. The number of carbonyl (C=O) groups is 1. The van der Waals surface area contributed by atoms with E-state index >= 15 is 0 Å². The summed E-state index contributed by atoms with van der Waals surface area (Å²) in [5, 5.41) is 0.0310. The summed E-state index contributed by atoms with van der Waals surface area (Å²) in [5.41, 5.74) is 11.5. The van der Waals surface area contributed by atoms with Gasteiger partial charge in [-0.15, -0.1) is 12.6 Å². The molecule has 4 heteroatoms. The first-order chi connectivity index (χ1) is 13.7. The van der Waals surface area contributed by atoms with Gasteiger partial charge in [-0.2, -0.15) is 0 Å². The van der Waals surface area contributed by atoms with E-state index in [0.29, 0.717) is 6.42 Å². The molecule has 28 heavy (non-hydrogen) atoms. The molecular formula is C24H50N2OS. The van der Waals surface area contributed by atoms with Crippen molar-refractivity contribution in [3.05, 3.63) is 0 Å². The highest BCUT2D eigenvalue weighted by molar-refractivity contribution is 7.96. The summed E-state index contributed by atoms with van der Waals surface area (Å²) in [6.07, 6.45) is 22.5. The van der Waals surface area contributed by atoms with Crippen LogP contribution in [0.1, 0.15) is 122 Å². The van der Waals surface area contributed by atoms with E-state index in [9.17, 15) is 4.79 Å². The Hall–Kier alpha value is -0.0600. The molecule has 0 heterocycles. The molecule has 0 saturated carbocycles. The summed E-state index contributed by atoms with van der Waals surface area (Å²) in [6, 6.07) is 0. The van der Waals surface area contributed by atoms with Crippen LogP contribution >= 0.6 is 12.6 Å². The fourth-order valence-electron chi connectivity index (χ4n) is 4.40. The number of nitrogens with two attached hydrogens (primary N) is 2.